The molecule has 0 aromatic heterocycles. The smallest absolute Gasteiger partial charge is 0.330 e. The van der Waals surface area contributed by atoms with E-state index in [1.165, 1.54) is 6.08 Å². The molecule has 0 spiro atoms. The van der Waals surface area contributed by atoms with Gasteiger partial charge in [-0.25, -0.2) is 9.52 Å². The molecule has 2 amide bonds. The molecule has 218 valence electrons. The predicted molar refractivity (Wildman–Crippen MR) is 158 cm³/mol. The lowest BCUT2D eigenvalue weighted by molar-refractivity contribution is -0.156. The van der Waals surface area contributed by atoms with Gasteiger partial charge < -0.3 is 10.1 Å². The Balaban J connectivity index is 1.55. The quantitative estimate of drug-likeness (QED) is 0.104. The van der Waals surface area contributed by atoms with E-state index in [9.17, 15) is 23.5 Å². The number of nitrogens with one attached hydrogen (secondary N) is 2. The van der Waals surface area contributed by atoms with Crippen molar-refractivity contribution in [2.24, 2.45) is 11.0 Å². The molecule has 1 heterocycles. The van der Waals surface area contributed by atoms with Gasteiger partial charge in [0, 0.05) is 18.0 Å². The standard InChI is InChI=1S/C30H32N6O5S/c1-3-13-26-20-36(21-30(26,34-35-31)28(37)41-22(2)23-14-7-4-8-15-23)42(39,40)33-29(38)32-27(24-16-9-5-10-17-24)25-18-11-6-12-19-25/h3-12,14-19,22,26-27H,1,13,20-21H2,2H3,(H2,32,33,38)/t22-,26+,30+/m1/s1. The maximum absolute atomic E-state index is 13.5. The molecule has 0 aliphatic carbocycles. The van der Waals surface area contributed by atoms with Gasteiger partial charge in [0.15, 0.2) is 5.54 Å². The number of benzene rings is 3. The highest BCUT2D eigenvalue weighted by Crippen LogP contribution is 2.38. The second kappa shape index (κ2) is 13.3. The van der Waals surface area contributed by atoms with Crippen LogP contribution < -0.4 is 10.0 Å². The van der Waals surface area contributed by atoms with Crippen LogP contribution in [-0.4, -0.2) is 43.4 Å². The molecule has 1 saturated heterocycles. The van der Waals surface area contributed by atoms with Gasteiger partial charge in [0.2, 0.25) is 0 Å². The summed E-state index contributed by atoms with van der Waals surface area (Å²) >= 11 is 0. The van der Waals surface area contributed by atoms with Gasteiger partial charge in [-0.3, -0.25) is 4.79 Å². The van der Waals surface area contributed by atoms with E-state index in [0.717, 1.165) is 21.0 Å². The highest BCUT2D eigenvalue weighted by atomic mass is 32.2. The molecule has 0 radical (unpaired) electrons. The van der Waals surface area contributed by atoms with Crippen molar-refractivity contribution in [3.05, 3.63) is 131 Å². The van der Waals surface area contributed by atoms with Crippen LogP contribution in [0.1, 0.15) is 42.2 Å². The topological polar surface area (TPSA) is 154 Å². The summed E-state index contributed by atoms with van der Waals surface area (Å²) in [7, 11) is -4.48. The van der Waals surface area contributed by atoms with Crippen LogP contribution in [0.3, 0.4) is 0 Å². The minimum Gasteiger partial charge on any atom is -0.457 e. The normalized spacial score (nSPS) is 19.3. The van der Waals surface area contributed by atoms with Gasteiger partial charge in [-0.05, 0) is 41.5 Å². The summed E-state index contributed by atoms with van der Waals surface area (Å²) in [6, 6.07) is 25.6. The maximum Gasteiger partial charge on any atom is 0.330 e. The Kier molecular flexibility index (Phi) is 9.64. The largest absolute Gasteiger partial charge is 0.457 e. The third-order valence-corrected chi connectivity index (χ3v) is 8.60. The number of azide groups is 1. The number of ether oxygens (including phenoxy) is 1. The molecule has 3 aromatic rings. The van der Waals surface area contributed by atoms with Gasteiger partial charge >= 0.3 is 22.2 Å². The average Bonchev–Trinajstić information content (AvgIpc) is 3.37. The van der Waals surface area contributed by atoms with E-state index in [1.807, 2.05) is 66.7 Å². The summed E-state index contributed by atoms with van der Waals surface area (Å²) in [6.45, 7) is 4.66. The zero-order valence-electron chi connectivity index (χ0n) is 23.0. The molecule has 1 fully saturated rings. The molecule has 3 atom stereocenters. The second-order valence-corrected chi connectivity index (χ2v) is 11.6. The Hall–Kier alpha value is -4.64. The fourth-order valence-electron chi connectivity index (χ4n) is 5.03. The molecule has 1 aliphatic rings. The summed E-state index contributed by atoms with van der Waals surface area (Å²) in [5.74, 6) is -1.64. The number of allylic oxidation sites excluding steroid dienone is 1. The number of carbonyl (C=O) groups is 2. The molecule has 4 rings (SSSR count). The van der Waals surface area contributed by atoms with Crippen molar-refractivity contribution in [3.8, 4) is 0 Å². The van der Waals surface area contributed by atoms with Crippen molar-refractivity contribution in [1.29, 1.82) is 0 Å². The van der Waals surface area contributed by atoms with Crippen molar-refractivity contribution >= 4 is 22.2 Å². The number of amides is 2. The summed E-state index contributed by atoms with van der Waals surface area (Å²) < 4.78 is 35.6. The van der Waals surface area contributed by atoms with Crippen molar-refractivity contribution in [1.82, 2.24) is 14.3 Å². The van der Waals surface area contributed by atoms with Crippen LogP contribution in [0.4, 0.5) is 4.79 Å². The summed E-state index contributed by atoms with van der Waals surface area (Å²) in [6.07, 6.45) is 0.994. The zero-order valence-corrected chi connectivity index (χ0v) is 23.9. The van der Waals surface area contributed by atoms with Crippen molar-refractivity contribution in [2.75, 3.05) is 13.1 Å². The van der Waals surface area contributed by atoms with E-state index in [1.54, 1.807) is 31.2 Å². The molecule has 12 heteroatoms. The number of rotatable bonds is 11. The minimum atomic E-state index is -4.48. The van der Waals surface area contributed by atoms with Gasteiger partial charge in [-0.1, -0.05) is 102 Å². The first-order valence-corrected chi connectivity index (χ1v) is 14.8. The van der Waals surface area contributed by atoms with Gasteiger partial charge in [0.25, 0.3) is 0 Å². The molecule has 3 aromatic carbocycles. The Morgan fingerprint density at radius 2 is 1.57 bits per heavy atom. The first kappa shape index (κ1) is 30.3. The monoisotopic (exact) mass is 588 g/mol. The minimum absolute atomic E-state index is 0.163. The Morgan fingerprint density at radius 1 is 1.05 bits per heavy atom. The lowest BCUT2D eigenvalue weighted by Crippen LogP contribution is -2.50. The first-order chi connectivity index (χ1) is 20.2. The van der Waals surface area contributed by atoms with Crippen LogP contribution in [-0.2, 0) is 19.7 Å². The van der Waals surface area contributed by atoms with Gasteiger partial charge in [0.1, 0.15) is 6.10 Å². The third-order valence-electron chi connectivity index (χ3n) is 7.20. The average molecular weight is 589 g/mol. The zero-order chi connectivity index (χ0) is 30.2. The van der Waals surface area contributed by atoms with Crippen LogP contribution >= 0.6 is 0 Å². The molecular formula is C30H32N6O5S. The lowest BCUT2D eigenvalue weighted by atomic mass is 9.85. The van der Waals surface area contributed by atoms with Crippen LogP contribution in [0.15, 0.2) is 109 Å². The van der Waals surface area contributed by atoms with Crippen LogP contribution in [0.2, 0.25) is 0 Å². The molecule has 0 saturated carbocycles. The molecule has 0 bridgehead atoms. The van der Waals surface area contributed by atoms with E-state index in [0.29, 0.717) is 0 Å². The van der Waals surface area contributed by atoms with Crippen molar-refractivity contribution < 1.29 is 22.7 Å². The van der Waals surface area contributed by atoms with Gasteiger partial charge in [0.05, 0.1) is 6.04 Å². The maximum atomic E-state index is 13.5. The molecule has 11 nitrogen and oxygen atoms in total. The van der Waals surface area contributed by atoms with Gasteiger partial charge in [-0.2, -0.15) is 12.7 Å². The Morgan fingerprint density at radius 3 is 2.07 bits per heavy atom. The summed E-state index contributed by atoms with van der Waals surface area (Å²) in [5, 5.41) is 6.53. The second-order valence-electron chi connectivity index (χ2n) is 9.92. The third kappa shape index (κ3) is 6.80. The van der Waals surface area contributed by atoms with Gasteiger partial charge in [-0.15, -0.1) is 6.58 Å². The van der Waals surface area contributed by atoms with E-state index in [4.69, 9.17) is 4.74 Å². The molecule has 1 aliphatic heterocycles. The molecule has 2 N–H and O–H groups in total. The fourth-order valence-corrected chi connectivity index (χ4v) is 6.19. The fraction of sp³-hybridized carbons (Fsp3) is 0.267. The van der Waals surface area contributed by atoms with Crippen LogP contribution in [0.25, 0.3) is 10.4 Å². The molecule has 42 heavy (non-hydrogen) atoms. The number of urea groups is 1. The summed E-state index contributed by atoms with van der Waals surface area (Å²) in [5.41, 5.74) is 9.76. The van der Waals surface area contributed by atoms with Crippen molar-refractivity contribution in [2.45, 2.75) is 31.0 Å². The highest BCUT2D eigenvalue weighted by Gasteiger charge is 2.56. The lowest BCUT2D eigenvalue weighted by Gasteiger charge is -2.28. The van der Waals surface area contributed by atoms with E-state index in [2.05, 4.69) is 26.6 Å². The number of carbonyl (C=O) groups excluding carboxylic acids is 2. The SMILES string of the molecule is C=CC[C@H]1CN(S(=O)(=O)NC(=O)NC(c2ccccc2)c2ccccc2)C[C@@]1(N=[N+]=[N-])C(=O)O[C@H](C)c1ccccc1. The number of hydrogen-bond acceptors (Lipinski definition) is 6. The van der Waals surface area contributed by atoms with Crippen LogP contribution in [0.5, 0.6) is 0 Å². The highest BCUT2D eigenvalue weighted by molar-refractivity contribution is 7.87. The Bertz CT molecular complexity index is 1510. The Labute approximate surface area is 245 Å². The number of hydrogen-bond donors (Lipinski definition) is 2. The van der Waals surface area contributed by atoms with Crippen molar-refractivity contribution in [3.63, 3.8) is 0 Å². The molecular weight excluding hydrogens is 556 g/mol. The van der Waals surface area contributed by atoms with Crippen LogP contribution in [0, 0.1) is 5.92 Å². The predicted octanol–water partition coefficient (Wildman–Crippen LogP) is 5.18. The first-order valence-electron chi connectivity index (χ1n) is 13.3. The van der Waals surface area contributed by atoms with E-state index < -0.39 is 52.4 Å². The molecule has 0 unspecified atom stereocenters. The summed E-state index contributed by atoms with van der Waals surface area (Å²) in [4.78, 5) is 29.5. The van der Waals surface area contributed by atoms with E-state index in [-0.39, 0.29) is 13.0 Å². The number of nitrogens with zero attached hydrogens (tertiary/aromatic N) is 4. The van der Waals surface area contributed by atoms with E-state index >= 15 is 0 Å². The number of esters is 1.